The average molecular weight is 246 g/mol. The minimum Gasteiger partial charge on any atom is -0.322 e. The van der Waals surface area contributed by atoms with Crippen molar-refractivity contribution in [1.82, 2.24) is 24.8 Å². The molecule has 0 bridgehead atoms. The first-order valence-corrected chi connectivity index (χ1v) is 5.95. The van der Waals surface area contributed by atoms with Gasteiger partial charge in [0.25, 0.3) is 0 Å². The molecule has 2 N–H and O–H groups in total. The number of nitrogens with zero attached hydrogens (tertiary/aromatic N) is 5. The number of hydrogen-bond donors (Lipinski definition) is 1. The highest BCUT2D eigenvalue weighted by Crippen LogP contribution is 2.22. The van der Waals surface area contributed by atoms with Crippen LogP contribution >= 0.6 is 11.3 Å². The summed E-state index contributed by atoms with van der Waals surface area (Å²) in [6, 6.07) is 3.69. The lowest BCUT2D eigenvalue weighted by atomic mass is 10.3. The molecule has 1 atom stereocenters. The third-order valence-electron chi connectivity index (χ3n) is 2.32. The van der Waals surface area contributed by atoms with E-state index in [1.807, 2.05) is 19.1 Å². The van der Waals surface area contributed by atoms with E-state index < -0.39 is 0 Å². The average Bonchev–Trinajstić information content (AvgIpc) is 2.89. The van der Waals surface area contributed by atoms with Gasteiger partial charge in [-0.2, -0.15) is 9.61 Å². The summed E-state index contributed by atoms with van der Waals surface area (Å²) in [4.78, 5) is 4.81. The molecule has 3 aromatic heterocycles. The Balaban J connectivity index is 2.18. The maximum atomic E-state index is 5.80. The van der Waals surface area contributed by atoms with E-state index in [9.17, 15) is 0 Å². The van der Waals surface area contributed by atoms with Crippen molar-refractivity contribution < 1.29 is 0 Å². The first-order chi connectivity index (χ1) is 8.25. The van der Waals surface area contributed by atoms with Gasteiger partial charge in [-0.3, -0.25) is 4.98 Å². The zero-order valence-corrected chi connectivity index (χ0v) is 9.92. The smallest absolute Gasteiger partial charge is 0.235 e. The first kappa shape index (κ1) is 10.3. The Morgan fingerprint density at radius 3 is 3.00 bits per heavy atom. The molecule has 0 fully saturated rings. The largest absolute Gasteiger partial charge is 0.322 e. The van der Waals surface area contributed by atoms with Crippen LogP contribution in [0.25, 0.3) is 16.3 Å². The second-order valence-electron chi connectivity index (χ2n) is 3.69. The molecule has 0 aromatic carbocycles. The lowest BCUT2D eigenvalue weighted by molar-refractivity contribution is 0.769. The van der Waals surface area contributed by atoms with E-state index in [0.717, 1.165) is 15.5 Å². The van der Waals surface area contributed by atoms with Crippen molar-refractivity contribution >= 4 is 16.3 Å². The normalized spacial score (nSPS) is 13.1. The highest BCUT2D eigenvalue weighted by Gasteiger charge is 2.14. The summed E-state index contributed by atoms with van der Waals surface area (Å²) in [5, 5.41) is 13.4. The molecule has 0 radical (unpaired) electrons. The van der Waals surface area contributed by atoms with Gasteiger partial charge in [0.2, 0.25) is 4.96 Å². The number of rotatable bonds is 2. The summed E-state index contributed by atoms with van der Waals surface area (Å²) in [6.07, 6.45) is 3.46. The molecular formula is C10H10N6S. The predicted molar refractivity (Wildman–Crippen MR) is 64.5 cm³/mol. The van der Waals surface area contributed by atoms with E-state index >= 15 is 0 Å². The van der Waals surface area contributed by atoms with Crippen molar-refractivity contribution in [3.8, 4) is 11.4 Å². The SMILES string of the molecule is CC(N)c1nn2c(-c3cccnc3)nnc2s1. The van der Waals surface area contributed by atoms with Crippen LogP contribution in [0.3, 0.4) is 0 Å². The maximum Gasteiger partial charge on any atom is 0.235 e. The quantitative estimate of drug-likeness (QED) is 0.736. The second kappa shape index (κ2) is 3.86. The number of pyridine rings is 1. The first-order valence-electron chi connectivity index (χ1n) is 5.14. The molecule has 0 aliphatic carbocycles. The fraction of sp³-hybridized carbons (Fsp3) is 0.200. The summed E-state index contributed by atoms with van der Waals surface area (Å²) in [7, 11) is 0. The summed E-state index contributed by atoms with van der Waals surface area (Å²) in [6.45, 7) is 1.90. The fourth-order valence-electron chi connectivity index (χ4n) is 1.49. The van der Waals surface area contributed by atoms with Crippen molar-refractivity contribution in [2.24, 2.45) is 5.73 Å². The Hall–Kier alpha value is -1.86. The van der Waals surface area contributed by atoms with Gasteiger partial charge in [-0.15, -0.1) is 10.2 Å². The summed E-state index contributed by atoms with van der Waals surface area (Å²) < 4.78 is 1.71. The van der Waals surface area contributed by atoms with E-state index in [1.54, 1.807) is 16.9 Å². The van der Waals surface area contributed by atoms with Crippen molar-refractivity contribution in [2.45, 2.75) is 13.0 Å². The Morgan fingerprint density at radius 1 is 1.41 bits per heavy atom. The summed E-state index contributed by atoms with van der Waals surface area (Å²) in [5.74, 6) is 0.691. The maximum absolute atomic E-state index is 5.80. The number of fused-ring (bicyclic) bond motifs is 1. The van der Waals surface area contributed by atoms with Crippen LogP contribution in [0.2, 0.25) is 0 Å². The van der Waals surface area contributed by atoms with Crippen LogP contribution in [0.4, 0.5) is 0 Å². The van der Waals surface area contributed by atoms with Crippen LogP contribution in [0.5, 0.6) is 0 Å². The molecule has 0 saturated heterocycles. The number of hydrogen-bond acceptors (Lipinski definition) is 6. The molecule has 6 nitrogen and oxygen atoms in total. The van der Waals surface area contributed by atoms with Crippen molar-refractivity contribution in [3.63, 3.8) is 0 Å². The van der Waals surface area contributed by atoms with Gasteiger partial charge in [0.1, 0.15) is 5.01 Å². The highest BCUT2D eigenvalue weighted by atomic mass is 32.1. The second-order valence-corrected chi connectivity index (χ2v) is 4.68. The van der Waals surface area contributed by atoms with Gasteiger partial charge < -0.3 is 5.73 Å². The molecule has 0 aliphatic rings. The molecule has 3 heterocycles. The molecule has 0 spiro atoms. The summed E-state index contributed by atoms with van der Waals surface area (Å²) >= 11 is 1.45. The number of nitrogens with two attached hydrogens (primary N) is 1. The van der Waals surface area contributed by atoms with Gasteiger partial charge in [0.05, 0.1) is 6.04 Å². The van der Waals surface area contributed by atoms with Gasteiger partial charge in [0, 0.05) is 18.0 Å². The van der Waals surface area contributed by atoms with E-state index in [-0.39, 0.29) is 6.04 Å². The zero-order valence-electron chi connectivity index (χ0n) is 9.11. The van der Waals surface area contributed by atoms with Gasteiger partial charge in [0.15, 0.2) is 5.82 Å². The van der Waals surface area contributed by atoms with Crippen LogP contribution in [-0.4, -0.2) is 24.8 Å². The van der Waals surface area contributed by atoms with Gasteiger partial charge in [-0.25, -0.2) is 0 Å². The molecule has 0 aliphatic heterocycles. The molecule has 1 unspecified atom stereocenters. The Morgan fingerprint density at radius 2 is 2.29 bits per heavy atom. The van der Waals surface area contributed by atoms with Crippen LogP contribution < -0.4 is 5.73 Å². The zero-order chi connectivity index (χ0) is 11.8. The third kappa shape index (κ3) is 1.69. The number of aromatic nitrogens is 5. The van der Waals surface area contributed by atoms with Gasteiger partial charge in [-0.1, -0.05) is 11.3 Å². The Bertz CT molecular complexity index is 641. The molecule has 17 heavy (non-hydrogen) atoms. The van der Waals surface area contributed by atoms with Crippen molar-refractivity contribution in [3.05, 3.63) is 29.5 Å². The molecule has 7 heteroatoms. The van der Waals surface area contributed by atoms with Crippen molar-refractivity contribution in [1.29, 1.82) is 0 Å². The lowest BCUT2D eigenvalue weighted by Gasteiger charge is -1.97. The van der Waals surface area contributed by atoms with Gasteiger partial charge >= 0.3 is 0 Å². The van der Waals surface area contributed by atoms with E-state index in [2.05, 4.69) is 20.3 Å². The molecule has 0 saturated carbocycles. The summed E-state index contributed by atoms with van der Waals surface area (Å²) in [5.41, 5.74) is 6.69. The fourth-order valence-corrected chi connectivity index (χ4v) is 2.28. The third-order valence-corrected chi connectivity index (χ3v) is 3.42. The molecule has 86 valence electrons. The lowest BCUT2D eigenvalue weighted by Crippen LogP contribution is -2.05. The molecule has 3 aromatic rings. The predicted octanol–water partition coefficient (Wildman–Crippen LogP) is 1.27. The van der Waals surface area contributed by atoms with Crippen LogP contribution in [0, 0.1) is 0 Å². The van der Waals surface area contributed by atoms with Crippen LogP contribution in [-0.2, 0) is 0 Å². The minimum atomic E-state index is -0.0940. The molecule has 0 amide bonds. The van der Waals surface area contributed by atoms with Crippen molar-refractivity contribution in [2.75, 3.05) is 0 Å². The Labute approximate surface area is 101 Å². The van der Waals surface area contributed by atoms with Crippen LogP contribution in [0.15, 0.2) is 24.5 Å². The van der Waals surface area contributed by atoms with E-state index in [1.165, 1.54) is 11.3 Å². The monoisotopic (exact) mass is 246 g/mol. The van der Waals surface area contributed by atoms with Gasteiger partial charge in [-0.05, 0) is 19.1 Å². The minimum absolute atomic E-state index is 0.0940. The highest BCUT2D eigenvalue weighted by molar-refractivity contribution is 7.16. The molecule has 3 rings (SSSR count). The van der Waals surface area contributed by atoms with Crippen LogP contribution in [0.1, 0.15) is 18.0 Å². The Kier molecular flexibility index (Phi) is 2.34. The topological polar surface area (TPSA) is 82.0 Å². The van der Waals surface area contributed by atoms with E-state index in [4.69, 9.17) is 5.73 Å². The standard InChI is InChI=1S/C10H10N6S/c1-6(11)9-15-16-8(13-14-10(16)17-9)7-3-2-4-12-5-7/h2-6H,11H2,1H3. The molecular weight excluding hydrogens is 236 g/mol. The van der Waals surface area contributed by atoms with E-state index in [0.29, 0.717) is 5.82 Å².